The number of nitrogens with zero attached hydrogens (tertiary/aromatic N) is 3. The van der Waals surface area contributed by atoms with E-state index in [-0.39, 0.29) is 12.1 Å². The molecule has 0 fully saturated rings. The number of hydrogen-bond donors (Lipinski definition) is 1. The molecule has 2 rings (SSSR count). The molecule has 0 aliphatic rings. The van der Waals surface area contributed by atoms with Gasteiger partial charge in [-0.1, -0.05) is 0 Å². The summed E-state index contributed by atoms with van der Waals surface area (Å²) in [7, 11) is -2.10. The van der Waals surface area contributed by atoms with Crippen molar-refractivity contribution in [3.8, 4) is 0 Å². The maximum absolute atomic E-state index is 11.9. The van der Waals surface area contributed by atoms with Crippen LogP contribution < -0.4 is 11.2 Å². The molecule has 0 radical (unpaired) electrons. The summed E-state index contributed by atoms with van der Waals surface area (Å²) in [4.78, 5) is 30.3. The fourth-order valence-electron chi connectivity index (χ4n) is 1.98. The van der Waals surface area contributed by atoms with E-state index in [2.05, 4.69) is 14.2 Å². The van der Waals surface area contributed by atoms with E-state index >= 15 is 0 Å². The van der Waals surface area contributed by atoms with E-state index in [1.807, 2.05) is 0 Å². The molecule has 0 bridgehead atoms. The molecule has 21 heavy (non-hydrogen) atoms. The molecule has 116 valence electrons. The minimum Gasteiger partial charge on any atom is -0.314 e. The number of rotatable bonds is 5. The van der Waals surface area contributed by atoms with Crippen LogP contribution in [-0.4, -0.2) is 40.4 Å². The van der Waals surface area contributed by atoms with E-state index in [4.69, 9.17) is 0 Å². The summed E-state index contributed by atoms with van der Waals surface area (Å²) in [5.41, 5.74) is -0.484. The molecule has 0 spiro atoms. The second kappa shape index (κ2) is 5.45. The van der Waals surface area contributed by atoms with Crippen LogP contribution in [0.5, 0.6) is 0 Å². The van der Waals surface area contributed by atoms with Crippen molar-refractivity contribution < 1.29 is 12.6 Å². The van der Waals surface area contributed by atoms with E-state index < -0.39 is 21.4 Å². The van der Waals surface area contributed by atoms with Crippen molar-refractivity contribution in [2.24, 2.45) is 7.05 Å². The van der Waals surface area contributed by atoms with E-state index in [0.29, 0.717) is 24.4 Å². The summed E-state index contributed by atoms with van der Waals surface area (Å²) in [5.74, 6) is 0.559. The first kappa shape index (κ1) is 15.4. The first-order chi connectivity index (χ1) is 9.70. The van der Waals surface area contributed by atoms with Gasteiger partial charge in [0.1, 0.15) is 11.5 Å². The lowest BCUT2D eigenvalue weighted by Crippen LogP contribution is -2.32. The maximum Gasteiger partial charge on any atom is 0.329 e. The topological polar surface area (TPSA) is 116 Å². The average Bonchev–Trinajstić information content (AvgIpc) is 2.68. The Hall–Kier alpha value is -1.94. The molecule has 0 atom stereocenters. The molecule has 0 aliphatic carbocycles. The van der Waals surface area contributed by atoms with Gasteiger partial charge in [-0.2, -0.15) is 8.42 Å². The second-order valence-corrected chi connectivity index (χ2v) is 6.33. The zero-order chi connectivity index (χ0) is 15.8. The lowest BCUT2D eigenvalue weighted by atomic mass is 10.4. The van der Waals surface area contributed by atoms with E-state index in [0.717, 1.165) is 10.8 Å². The van der Waals surface area contributed by atoms with Crippen molar-refractivity contribution in [1.29, 1.82) is 0 Å². The van der Waals surface area contributed by atoms with Crippen LogP contribution in [0.1, 0.15) is 12.2 Å². The second-order valence-electron chi connectivity index (χ2n) is 4.68. The Morgan fingerprint density at radius 1 is 1.33 bits per heavy atom. The molecule has 10 heteroatoms. The highest BCUT2D eigenvalue weighted by atomic mass is 32.2. The predicted octanol–water partition coefficient (Wildman–Crippen LogP) is -0.902. The van der Waals surface area contributed by atoms with Gasteiger partial charge in [-0.15, -0.1) is 0 Å². The first-order valence-electron chi connectivity index (χ1n) is 6.21. The third kappa shape index (κ3) is 3.22. The number of nitrogens with one attached hydrogen (secondary N) is 1. The maximum atomic E-state index is 11.9. The van der Waals surface area contributed by atoms with E-state index in [9.17, 15) is 18.0 Å². The fourth-order valence-corrected chi connectivity index (χ4v) is 2.40. The Morgan fingerprint density at radius 2 is 2.00 bits per heavy atom. The normalized spacial score (nSPS) is 12.1. The van der Waals surface area contributed by atoms with Crippen molar-refractivity contribution >= 4 is 21.3 Å². The SMILES string of the molecule is Cc1nc2c(=O)n(C)c(=O)[nH]c2n1CCCOS(C)(=O)=O. The molecular weight excluding hydrogens is 300 g/mol. The molecule has 0 unspecified atom stereocenters. The van der Waals surface area contributed by atoms with Crippen LogP contribution in [0.25, 0.3) is 11.2 Å². The Morgan fingerprint density at radius 3 is 2.62 bits per heavy atom. The highest BCUT2D eigenvalue weighted by Crippen LogP contribution is 2.09. The van der Waals surface area contributed by atoms with Gasteiger partial charge in [-0.05, 0) is 13.3 Å². The van der Waals surface area contributed by atoms with Crippen LogP contribution in [0.15, 0.2) is 9.59 Å². The molecule has 9 nitrogen and oxygen atoms in total. The number of hydrogen-bond acceptors (Lipinski definition) is 6. The summed E-state index contributed by atoms with van der Waals surface area (Å²) in [5, 5.41) is 0. The highest BCUT2D eigenvalue weighted by Gasteiger charge is 2.13. The van der Waals surface area contributed by atoms with Gasteiger partial charge in [-0.25, -0.2) is 9.78 Å². The Bertz CT molecular complexity index is 890. The van der Waals surface area contributed by atoms with Crippen LogP contribution >= 0.6 is 0 Å². The minimum absolute atomic E-state index is 0.0209. The Kier molecular flexibility index (Phi) is 4.01. The summed E-state index contributed by atoms with van der Waals surface area (Å²) in [6, 6.07) is 0. The van der Waals surface area contributed by atoms with Gasteiger partial charge in [0, 0.05) is 13.6 Å². The standard InChI is InChI=1S/C11H16N4O5S/c1-7-12-8-9(13-11(17)14(2)10(8)16)15(7)5-4-6-20-21(3,18)19/h4-6H2,1-3H3,(H,13,17). The lowest BCUT2D eigenvalue weighted by Gasteiger charge is -2.06. The molecule has 0 saturated heterocycles. The molecule has 2 aromatic heterocycles. The number of aromatic amines is 1. The minimum atomic E-state index is -3.47. The number of aromatic nitrogens is 4. The zero-order valence-electron chi connectivity index (χ0n) is 11.9. The van der Waals surface area contributed by atoms with Crippen molar-refractivity contribution in [2.45, 2.75) is 19.9 Å². The third-order valence-corrected chi connectivity index (χ3v) is 3.61. The molecule has 0 aliphatic heterocycles. The number of imidazole rings is 1. The smallest absolute Gasteiger partial charge is 0.314 e. The van der Waals surface area contributed by atoms with Crippen LogP contribution in [0.3, 0.4) is 0 Å². The van der Waals surface area contributed by atoms with Crippen molar-refractivity contribution in [3.05, 3.63) is 26.7 Å². The quantitative estimate of drug-likeness (QED) is 0.564. The number of H-pyrrole nitrogens is 1. The molecule has 0 aromatic carbocycles. The summed E-state index contributed by atoms with van der Waals surface area (Å²) in [6.45, 7) is 2.10. The van der Waals surface area contributed by atoms with E-state index in [1.54, 1.807) is 11.5 Å². The van der Waals surface area contributed by atoms with Gasteiger partial charge in [0.2, 0.25) is 0 Å². The average molecular weight is 316 g/mol. The monoisotopic (exact) mass is 316 g/mol. The van der Waals surface area contributed by atoms with Gasteiger partial charge in [0.15, 0.2) is 5.52 Å². The van der Waals surface area contributed by atoms with Crippen molar-refractivity contribution in [1.82, 2.24) is 19.1 Å². The largest absolute Gasteiger partial charge is 0.329 e. The van der Waals surface area contributed by atoms with Gasteiger partial charge in [0.25, 0.3) is 15.7 Å². The molecular formula is C11H16N4O5S. The van der Waals surface area contributed by atoms with Crippen LogP contribution in [0, 0.1) is 6.92 Å². The molecule has 2 heterocycles. The zero-order valence-corrected chi connectivity index (χ0v) is 12.7. The number of aryl methyl sites for hydroxylation is 2. The van der Waals surface area contributed by atoms with Crippen LogP contribution in [0.4, 0.5) is 0 Å². The summed E-state index contributed by atoms with van der Waals surface area (Å²) in [6.07, 6.45) is 1.38. The molecule has 2 aromatic rings. The lowest BCUT2D eigenvalue weighted by molar-refractivity contribution is 0.307. The van der Waals surface area contributed by atoms with Crippen molar-refractivity contribution in [2.75, 3.05) is 12.9 Å². The first-order valence-corrected chi connectivity index (χ1v) is 8.03. The molecule has 1 N–H and O–H groups in total. The third-order valence-electron chi connectivity index (χ3n) is 3.02. The fraction of sp³-hybridized carbons (Fsp3) is 0.545. The Balaban J connectivity index is 2.31. The molecule has 0 saturated carbocycles. The van der Waals surface area contributed by atoms with Gasteiger partial charge < -0.3 is 4.57 Å². The summed E-state index contributed by atoms with van der Waals surface area (Å²) >= 11 is 0. The van der Waals surface area contributed by atoms with E-state index in [1.165, 1.54) is 7.05 Å². The predicted molar refractivity (Wildman–Crippen MR) is 75.7 cm³/mol. The van der Waals surface area contributed by atoms with Crippen LogP contribution in [0.2, 0.25) is 0 Å². The van der Waals surface area contributed by atoms with Gasteiger partial charge >= 0.3 is 5.69 Å². The number of fused-ring (bicyclic) bond motifs is 1. The molecule has 0 amide bonds. The van der Waals surface area contributed by atoms with Crippen molar-refractivity contribution in [3.63, 3.8) is 0 Å². The summed E-state index contributed by atoms with van der Waals surface area (Å²) < 4.78 is 29.0. The highest BCUT2D eigenvalue weighted by molar-refractivity contribution is 7.85. The van der Waals surface area contributed by atoms with Crippen LogP contribution in [-0.2, 0) is 27.9 Å². The van der Waals surface area contributed by atoms with Gasteiger partial charge in [0.05, 0.1) is 12.9 Å². The van der Waals surface area contributed by atoms with Gasteiger partial charge in [-0.3, -0.25) is 18.5 Å². The Labute approximate surface area is 120 Å².